The van der Waals surface area contributed by atoms with Gasteiger partial charge in [0.1, 0.15) is 10.2 Å². The number of nitrogens with zero attached hydrogens (tertiary/aromatic N) is 1. The maximum Gasteiger partial charge on any atom is 0.340 e. The number of aromatic nitrogens is 1. The Labute approximate surface area is 70.0 Å². The van der Waals surface area contributed by atoms with Crippen molar-refractivity contribution < 1.29 is 14.3 Å². The number of aromatic carboxylic acids is 1. The molecule has 58 valence electrons. The zero-order valence-corrected chi connectivity index (χ0v) is 6.80. The lowest BCUT2D eigenvalue weighted by molar-refractivity contribution is 0.0690. The van der Waals surface area contributed by atoms with Crippen molar-refractivity contribution in [2.45, 2.75) is 0 Å². The van der Waals surface area contributed by atoms with E-state index in [4.69, 9.17) is 5.11 Å². The molecule has 0 saturated carbocycles. The minimum Gasteiger partial charge on any atom is -0.478 e. The van der Waals surface area contributed by atoms with Gasteiger partial charge in [-0.1, -0.05) is 0 Å². The van der Waals surface area contributed by atoms with Gasteiger partial charge in [0.2, 0.25) is 5.95 Å². The van der Waals surface area contributed by atoms with Gasteiger partial charge in [0.15, 0.2) is 0 Å². The molecule has 1 N–H and O–H groups in total. The summed E-state index contributed by atoms with van der Waals surface area (Å²) in [6.07, 6.45) is 0. The Bertz CT molecular complexity index is 303. The summed E-state index contributed by atoms with van der Waals surface area (Å²) in [4.78, 5) is 13.5. The number of hydrogen-bond acceptors (Lipinski definition) is 2. The molecule has 0 aliphatic rings. The second-order valence-electron chi connectivity index (χ2n) is 1.78. The quantitative estimate of drug-likeness (QED) is 0.732. The molecule has 0 aromatic carbocycles. The predicted molar refractivity (Wildman–Crippen MR) is 38.9 cm³/mol. The fourth-order valence-corrected chi connectivity index (χ4v) is 0.860. The minimum absolute atomic E-state index is 0.278. The molecule has 0 atom stereocenters. The van der Waals surface area contributed by atoms with Crippen LogP contribution in [0.25, 0.3) is 0 Å². The summed E-state index contributed by atoms with van der Waals surface area (Å²) in [5.74, 6) is -2.30. The third-order valence-electron chi connectivity index (χ3n) is 1.05. The Morgan fingerprint density at radius 3 is 2.73 bits per heavy atom. The summed E-state index contributed by atoms with van der Waals surface area (Å²) in [5.41, 5.74) is -0.423. The Morgan fingerprint density at radius 2 is 2.27 bits per heavy atom. The molecule has 3 nitrogen and oxygen atoms in total. The standard InChI is InChI=1S/C6H3BrFNO2/c7-4-2-1-3(6(10)11)5(8)9-4/h1-2H,(H,10,11). The van der Waals surface area contributed by atoms with Gasteiger partial charge in [-0.3, -0.25) is 0 Å². The van der Waals surface area contributed by atoms with Crippen LogP contribution >= 0.6 is 15.9 Å². The summed E-state index contributed by atoms with van der Waals surface area (Å²) in [6.45, 7) is 0. The molecule has 0 aliphatic heterocycles. The third-order valence-corrected chi connectivity index (χ3v) is 1.49. The van der Waals surface area contributed by atoms with Crippen LogP contribution < -0.4 is 0 Å². The molecule has 0 radical (unpaired) electrons. The number of carboxylic acid groups (broad SMARTS) is 1. The highest BCUT2D eigenvalue weighted by atomic mass is 79.9. The van der Waals surface area contributed by atoms with E-state index in [1.54, 1.807) is 0 Å². The van der Waals surface area contributed by atoms with E-state index >= 15 is 0 Å². The Balaban J connectivity index is 3.20. The maximum absolute atomic E-state index is 12.6. The molecular formula is C6H3BrFNO2. The van der Waals surface area contributed by atoms with Gasteiger partial charge in [0.25, 0.3) is 0 Å². The van der Waals surface area contributed by atoms with Crippen LogP contribution in [0.3, 0.4) is 0 Å². The van der Waals surface area contributed by atoms with Crippen LogP contribution in [-0.2, 0) is 0 Å². The van der Waals surface area contributed by atoms with Gasteiger partial charge >= 0.3 is 5.97 Å². The SMILES string of the molecule is O=C(O)c1ccc(Br)nc1F. The Hall–Kier alpha value is -0.970. The van der Waals surface area contributed by atoms with E-state index in [9.17, 15) is 9.18 Å². The monoisotopic (exact) mass is 219 g/mol. The average Bonchev–Trinajstić information content (AvgIpc) is 1.85. The molecule has 0 fully saturated rings. The van der Waals surface area contributed by atoms with Crippen molar-refractivity contribution >= 4 is 21.9 Å². The maximum atomic E-state index is 12.6. The fraction of sp³-hybridized carbons (Fsp3) is 0. The minimum atomic E-state index is -1.32. The van der Waals surface area contributed by atoms with Crippen molar-refractivity contribution in [1.82, 2.24) is 4.98 Å². The van der Waals surface area contributed by atoms with Gasteiger partial charge in [-0.25, -0.2) is 9.78 Å². The summed E-state index contributed by atoms with van der Waals surface area (Å²) < 4.78 is 12.9. The number of pyridine rings is 1. The lowest BCUT2D eigenvalue weighted by atomic mass is 10.3. The molecule has 0 saturated heterocycles. The van der Waals surface area contributed by atoms with E-state index in [1.165, 1.54) is 6.07 Å². The summed E-state index contributed by atoms with van der Waals surface area (Å²) in [7, 11) is 0. The van der Waals surface area contributed by atoms with Gasteiger partial charge < -0.3 is 5.11 Å². The third kappa shape index (κ3) is 1.74. The second kappa shape index (κ2) is 2.96. The highest BCUT2D eigenvalue weighted by Crippen LogP contribution is 2.10. The lowest BCUT2D eigenvalue weighted by Gasteiger charge is -1.94. The topological polar surface area (TPSA) is 50.2 Å². The molecule has 0 bridgehead atoms. The first-order valence-corrected chi connectivity index (χ1v) is 3.46. The summed E-state index contributed by atoms with van der Waals surface area (Å²) >= 11 is 2.90. The van der Waals surface area contributed by atoms with Crippen LogP contribution in [0.4, 0.5) is 4.39 Å². The second-order valence-corrected chi connectivity index (χ2v) is 2.59. The fourth-order valence-electron chi connectivity index (χ4n) is 0.572. The van der Waals surface area contributed by atoms with Crippen LogP contribution in [-0.4, -0.2) is 16.1 Å². The van der Waals surface area contributed by atoms with Crippen molar-refractivity contribution in [3.8, 4) is 0 Å². The summed E-state index contributed by atoms with van der Waals surface area (Å²) in [5, 5.41) is 8.36. The van der Waals surface area contributed by atoms with E-state index in [0.717, 1.165) is 6.07 Å². The zero-order valence-electron chi connectivity index (χ0n) is 5.21. The van der Waals surface area contributed by atoms with Gasteiger partial charge in [-0.05, 0) is 28.1 Å². The van der Waals surface area contributed by atoms with E-state index in [2.05, 4.69) is 20.9 Å². The molecule has 11 heavy (non-hydrogen) atoms. The molecule has 0 aliphatic carbocycles. The van der Waals surface area contributed by atoms with Gasteiger partial charge in [-0.2, -0.15) is 4.39 Å². The van der Waals surface area contributed by atoms with Crippen molar-refractivity contribution in [2.24, 2.45) is 0 Å². The van der Waals surface area contributed by atoms with Gasteiger partial charge in [0.05, 0.1) is 0 Å². The van der Waals surface area contributed by atoms with E-state index < -0.39 is 17.5 Å². The molecule has 1 rings (SSSR count). The Morgan fingerprint density at radius 1 is 1.64 bits per heavy atom. The smallest absolute Gasteiger partial charge is 0.340 e. The average molecular weight is 220 g/mol. The molecule has 0 amide bonds. The molecule has 1 heterocycles. The first-order chi connectivity index (χ1) is 5.11. The van der Waals surface area contributed by atoms with E-state index in [-0.39, 0.29) is 4.60 Å². The molecule has 1 aromatic heterocycles. The number of carbonyl (C=O) groups is 1. The van der Waals surface area contributed by atoms with Crippen molar-refractivity contribution in [2.75, 3.05) is 0 Å². The van der Waals surface area contributed by atoms with E-state index in [0.29, 0.717) is 0 Å². The van der Waals surface area contributed by atoms with Crippen LogP contribution in [0.2, 0.25) is 0 Å². The van der Waals surface area contributed by atoms with Gasteiger partial charge in [0, 0.05) is 0 Å². The predicted octanol–water partition coefficient (Wildman–Crippen LogP) is 1.68. The van der Waals surface area contributed by atoms with Crippen molar-refractivity contribution in [3.05, 3.63) is 28.2 Å². The van der Waals surface area contributed by atoms with Crippen LogP contribution in [0, 0.1) is 5.95 Å². The van der Waals surface area contributed by atoms with Crippen LogP contribution in [0.15, 0.2) is 16.7 Å². The highest BCUT2D eigenvalue weighted by Gasteiger charge is 2.10. The molecular weight excluding hydrogens is 217 g/mol. The number of halogens is 2. The highest BCUT2D eigenvalue weighted by molar-refractivity contribution is 9.10. The van der Waals surface area contributed by atoms with E-state index in [1.807, 2.05) is 0 Å². The number of rotatable bonds is 1. The Kier molecular flexibility index (Phi) is 2.19. The largest absolute Gasteiger partial charge is 0.478 e. The molecule has 5 heteroatoms. The normalized spacial score (nSPS) is 9.64. The zero-order chi connectivity index (χ0) is 8.43. The van der Waals surface area contributed by atoms with Crippen molar-refractivity contribution in [1.29, 1.82) is 0 Å². The molecule has 0 spiro atoms. The number of hydrogen-bond donors (Lipinski definition) is 1. The summed E-state index contributed by atoms with van der Waals surface area (Å²) in [6, 6.07) is 2.52. The molecule has 1 aromatic rings. The van der Waals surface area contributed by atoms with Gasteiger partial charge in [-0.15, -0.1) is 0 Å². The lowest BCUT2D eigenvalue weighted by Crippen LogP contribution is -2.01. The number of carboxylic acids is 1. The molecule has 0 unspecified atom stereocenters. The first kappa shape index (κ1) is 8.13. The van der Waals surface area contributed by atoms with Crippen molar-refractivity contribution in [3.63, 3.8) is 0 Å². The first-order valence-electron chi connectivity index (χ1n) is 2.66. The van der Waals surface area contributed by atoms with Crippen LogP contribution in [0.5, 0.6) is 0 Å². The van der Waals surface area contributed by atoms with Crippen LogP contribution in [0.1, 0.15) is 10.4 Å².